The molecule has 0 aliphatic heterocycles. The Morgan fingerprint density at radius 2 is 2.00 bits per heavy atom. The lowest BCUT2D eigenvalue weighted by molar-refractivity contribution is 0.193. The molecule has 0 amide bonds. The molecule has 1 saturated carbocycles. The zero-order valence-electron chi connectivity index (χ0n) is 10.7. The molecule has 1 fully saturated rings. The van der Waals surface area contributed by atoms with Gasteiger partial charge >= 0.3 is 0 Å². The van der Waals surface area contributed by atoms with Crippen LogP contribution in [0.2, 0.25) is 0 Å². The molecule has 0 aromatic carbocycles. The third-order valence-corrected chi connectivity index (χ3v) is 4.26. The van der Waals surface area contributed by atoms with E-state index in [2.05, 4.69) is 14.6 Å². The molecule has 2 heterocycles. The Labute approximate surface area is 107 Å². The second-order valence-electron chi connectivity index (χ2n) is 5.49. The van der Waals surface area contributed by atoms with Gasteiger partial charge in [-0.15, -0.1) is 10.2 Å². The zero-order chi connectivity index (χ0) is 12.4. The van der Waals surface area contributed by atoms with Crippen LogP contribution in [0.1, 0.15) is 37.9 Å². The van der Waals surface area contributed by atoms with E-state index in [4.69, 9.17) is 5.73 Å². The third-order valence-electron chi connectivity index (χ3n) is 4.26. The molecule has 1 aliphatic carbocycles. The van der Waals surface area contributed by atoms with Crippen molar-refractivity contribution in [2.24, 2.45) is 11.1 Å². The van der Waals surface area contributed by atoms with Gasteiger partial charge in [0.05, 0.1) is 0 Å². The Morgan fingerprint density at radius 3 is 2.78 bits per heavy atom. The van der Waals surface area contributed by atoms with E-state index in [1.54, 1.807) is 0 Å². The first-order valence-electron chi connectivity index (χ1n) is 6.82. The van der Waals surface area contributed by atoms with E-state index >= 15 is 0 Å². The van der Waals surface area contributed by atoms with Crippen molar-refractivity contribution >= 4 is 5.65 Å². The molecule has 1 aliphatic rings. The SMILES string of the molecule is NCC1(Cc2nnc3ccccn23)CCCCC1. The molecule has 4 heteroatoms. The summed E-state index contributed by atoms with van der Waals surface area (Å²) < 4.78 is 2.09. The van der Waals surface area contributed by atoms with E-state index in [9.17, 15) is 0 Å². The van der Waals surface area contributed by atoms with E-state index in [-0.39, 0.29) is 5.41 Å². The standard InChI is InChI=1S/C14H20N4/c15-11-14(7-3-1-4-8-14)10-13-17-16-12-6-2-5-9-18(12)13/h2,5-6,9H,1,3-4,7-8,10-11,15H2. The topological polar surface area (TPSA) is 56.2 Å². The summed E-state index contributed by atoms with van der Waals surface area (Å²) in [6, 6.07) is 6.01. The summed E-state index contributed by atoms with van der Waals surface area (Å²) in [5, 5.41) is 8.56. The highest BCUT2D eigenvalue weighted by Crippen LogP contribution is 2.37. The fraction of sp³-hybridized carbons (Fsp3) is 0.571. The van der Waals surface area contributed by atoms with Crippen molar-refractivity contribution in [2.75, 3.05) is 6.54 Å². The Kier molecular flexibility index (Phi) is 3.04. The maximum Gasteiger partial charge on any atom is 0.160 e. The lowest BCUT2D eigenvalue weighted by Crippen LogP contribution is -2.35. The number of rotatable bonds is 3. The maximum atomic E-state index is 6.04. The number of hydrogen-bond donors (Lipinski definition) is 1. The van der Waals surface area contributed by atoms with E-state index in [0.717, 1.165) is 24.4 Å². The van der Waals surface area contributed by atoms with E-state index < -0.39 is 0 Å². The van der Waals surface area contributed by atoms with E-state index in [1.807, 2.05) is 24.4 Å². The first-order chi connectivity index (χ1) is 8.83. The molecule has 18 heavy (non-hydrogen) atoms. The summed E-state index contributed by atoms with van der Waals surface area (Å²) in [5.74, 6) is 1.05. The quantitative estimate of drug-likeness (QED) is 0.900. The van der Waals surface area contributed by atoms with Crippen molar-refractivity contribution < 1.29 is 0 Å². The highest BCUT2D eigenvalue weighted by molar-refractivity contribution is 5.37. The molecule has 0 bridgehead atoms. The van der Waals surface area contributed by atoms with Crippen LogP contribution in [0.25, 0.3) is 5.65 Å². The number of aromatic nitrogens is 3. The van der Waals surface area contributed by atoms with Gasteiger partial charge in [-0.25, -0.2) is 0 Å². The van der Waals surface area contributed by atoms with Gasteiger partial charge in [-0.05, 0) is 36.9 Å². The summed E-state index contributed by atoms with van der Waals surface area (Å²) in [6.07, 6.45) is 9.40. The highest BCUT2D eigenvalue weighted by atomic mass is 15.2. The van der Waals surface area contributed by atoms with Gasteiger partial charge in [0.2, 0.25) is 0 Å². The van der Waals surface area contributed by atoms with Gasteiger partial charge in [0.15, 0.2) is 5.65 Å². The van der Waals surface area contributed by atoms with E-state index in [0.29, 0.717) is 0 Å². The minimum Gasteiger partial charge on any atom is -0.330 e. The van der Waals surface area contributed by atoms with Crippen molar-refractivity contribution in [1.29, 1.82) is 0 Å². The molecular weight excluding hydrogens is 224 g/mol. The summed E-state index contributed by atoms with van der Waals surface area (Å²) in [7, 11) is 0. The third kappa shape index (κ3) is 2.01. The summed E-state index contributed by atoms with van der Waals surface area (Å²) in [6.45, 7) is 0.759. The molecule has 2 N–H and O–H groups in total. The molecule has 0 unspecified atom stereocenters. The van der Waals surface area contributed by atoms with Crippen LogP contribution in [-0.2, 0) is 6.42 Å². The predicted octanol–water partition coefficient (Wildman–Crippen LogP) is 2.18. The average Bonchev–Trinajstić information content (AvgIpc) is 2.83. The molecule has 0 radical (unpaired) electrons. The van der Waals surface area contributed by atoms with Gasteiger partial charge in [0, 0.05) is 12.6 Å². The van der Waals surface area contributed by atoms with Crippen LogP contribution < -0.4 is 5.73 Å². The number of fused-ring (bicyclic) bond motifs is 1. The first kappa shape index (κ1) is 11.7. The molecule has 0 spiro atoms. The molecule has 3 rings (SSSR count). The van der Waals surface area contributed by atoms with Crippen molar-refractivity contribution in [3.05, 3.63) is 30.2 Å². The number of nitrogens with two attached hydrogens (primary N) is 1. The number of nitrogens with zero attached hydrogens (tertiary/aromatic N) is 3. The number of hydrogen-bond acceptors (Lipinski definition) is 3. The minimum absolute atomic E-state index is 0.247. The predicted molar refractivity (Wildman–Crippen MR) is 71.3 cm³/mol. The lowest BCUT2D eigenvalue weighted by Gasteiger charge is -2.35. The van der Waals surface area contributed by atoms with Crippen molar-refractivity contribution in [3.8, 4) is 0 Å². The van der Waals surface area contributed by atoms with Crippen LogP contribution in [0.3, 0.4) is 0 Å². The molecule has 0 saturated heterocycles. The normalized spacial score (nSPS) is 19.2. The summed E-state index contributed by atoms with van der Waals surface area (Å²) in [5.41, 5.74) is 7.21. The van der Waals surface area contributed by atoms with Crippen LogP contribution in [0, 0.1) is 5.41 Å². The van der Waals surface area contributed by atoms with Gasteiger partial charge in [0.1, 0.15) is 5.82 Å². The van der Waals surface area contributed by atoms with Gasteiger partial charge in [-0.2, -0.15) is 0 Å². The average molecular weight is 244 g/mol. The van der Waals surface area contributed by atoms with Crippen LogP contribution in [-0.4, -0.2) is 21.1 Å². The van der Waals surface area contributed by atoms with Crippen molar-refractivity contribution in [1.82, 2.24) is 14.6 Å². The Morgan fingerprint density at radius 1 is 1.17 bits per heavy atom. The lowest BCUT2D eigenvalue weighted by atomic mass is 9.72. The largest absolute Gasteiger partial charge is 0.330 e. The van der Waals surface area contributed by atoms with Crippen molar-refractivity contribution in [2.45, 2.75) is 38.5 Å². The van der Waals surface area contributed by atoms with Crippen LogP contribution in [0.5, 0.6) is 0 Å². The first-order valence-corrected chi connectivity index (χ1v) is 6.82. The Balaban J connectivity index is 1.90. The molecule has 0 atom stereocenters. The molecule has 2 aromatic heterocycles. The van der Waals surface area contributed by atoms with Gasteiger partial charge in [-0.3, -0.25) is 4.40 Å². The van der Waals surface area contributed by atoms with Crippen LogP contribution in [0.15, 0.2) is 24.4 Å². The molecular formula is C14H20N4. The Bertz CT molecular complexity index is 525. The summed E-state index contributed by atoms with van der Waals surface area (Å²) >= 11 is 0. The zero-order valence-corrected chi connectivity index (χ0v) is 10.7. The molecule has 2 aromatic rings. The van der Waals surface area contributed by atoms with E-state index in [1.165, 1.54) is 32.1 Å². The number of pyridine rings is 1. The highest BCUT2D eigenvalue weighted by Gasteiger charge is 2.32. The molecule has 4 nitrogen and oxygen atoms in total. The summed E-state index contributed by atoms with van der Waals surface area (Å²) in [4.78, 5) is 0. The second-order valence-corrected chi connectivity index (χ2v) is 5.49. The molecule has 96 valence electrons. The smallest absolute Gasteiger partial charge is 0.160 e. The maximum absolute atomic E-state index is 6.04. The fourth-order valence-electron chi connectivity index (χ4n) is 3.10. The Hall–Kier alpha value is -1.42. The van der Waals surface area contributed by atoms with Gasteiger partial charge < -0.3 is 5.73 Å². The van der Waals surface area contributed by atoms with Crippen molar-refractivity contribution in [3.63, 3.8) is 0 Å². The second kappa shape index (κ2) is 4.69. The fourth-order valence-corrected chi connectivity index (χ4v) is 3.10. The minimum atomic E-state index is 0.247. The van der Waals surface area contributed by atoms with Crippen LogP contribution in [0.4, 0.5) is 0 Å². The monoisotopic (exact) mass is 244 g/mol. The van der Waals surface area contributed by atoms with Gasteiger partial charge in [0.25, 0.3) is 0 Å². The van der Waals surface area contributed by atoms with Crippen LogP contribution >= 0.6 is 0 Å². The van der Waals surface area contributed by atoms with Gasteiger partial charge in [-0.1, -0.05) is 25.3 Å².